The zero-order chi connectivity index (χ0) is 17.7. The van der Waals surface area contributed by atoms with Crippen LogP contribution in [0.1, 0.15) is 24.9 Å². The van der Waals surface area contributed by atoms with E-state index >= 15 is 0 Å². The van der Waals surface area contributed by atoms with E-state index in [1.54, 1.807) is 48.5 Å². The van der Waals surface area contributed by atoms with E-state index in [9.17, 15) is 13.2 Å². The molecule has 0 saturated heterocycles. The highest BCUT2D eigenvalue weighted by Crippen LogP contribution is 2.20. The van der Waals surface area contributed by atoms with E-state index in [4.69, 9.17) is 11.6 Å². The Morgan fingerprint density at radius 3 is 2.38 bits per heavy atom. The summed E-state index contributed by atoms with van der Waals surface area (Å²) in [4.78, 5) is 12.4. The smallest absolute Gasteiger partial charge is 0.319 e. The van der Waals surface area contributed by atoms with Crippen molar-refractivity contribution in [1.29, 1.82) is 0 Å². The lowest BCUT2D eigenvalue weighted by atomic mass is 10.1. The topological polar surface area (TPSA) is 75.3 Å². The molecule has 0 fully saturated rings. The van der Waals surface area contributed by atoms with Gasteiger partial charge in [0, 0.05) is 17.0 Å². The molecule has 1 atom stereocenters. The summed E-state index contributed by atoms with van der Waals surface area (Å²) >= 11 is 5.89. The maximum Gasteiger partial charge on any atom is 0.319 e. The molecular formula is C17H19ClN2O3S. The third-order valence-electron chi connectivity index (χ3n) is 3.51. The van der Waals surface area contributed by atoms with Crippen LogP contribution in [0.3, 0.4) is 0 Å². The van der Waals surface area contributed by atoms with Crippen molar-refractivity contribution >= 4 is 33.2 Å². The molecule has 1 unspecified atom stereocenters. The van der Waals surface area contributed by atoms with Gasteiger partial charge in [0.2, 0.25) is 0 Å². The summed E-state index contributed by atoms with van der Waals surface area (Å²) in [7, 11) is -3.23. The van der Waals surface area contributed by atoms with Gasteiger partial charge in [-0.3, -0.25) is 0 Å². The molecular weight excluding hydrogens is 348 g/mol. The van der Waals surface area contributed by atoms with Crippen molar-refractivity contribution in [2.75, 3.05) is 11.6 Å². The van der Waals surface area contributed by atoms with Gasteiger partial charge in [-0.25, -0.2) is 13.2 Å². The Hall–Kier alpha value is -2.05. The quantitative estimate of drug-likeness (QED) is 0.839. The zero-order valence-corrected chi connectivity index (χ0v) is 15.0. The molecule has 0 saturated carbocycles. The highest BCUT2D eigenvalue weighted by molar-refractivity contribution is 7.90. The second-order valence-corrected chi connectivity index (χ2v) is 7.86. The minimum Gasteiger partial charge on any atom is -0.331 e. The average Bonchev–Trinajstić information content (AvgIpc) is 2.52. The molecule has 24 heavy (non-hydrogen) atoms. The van der Waals surface area contributed by atoms with Gasteiger partial charge in [0.25, 0.3) is 0 Å². The molecule has 0 heterocycles. The number of urea groups is 1. The third-order valence-corrected chi connectivity index (χ3v) is 4.87. The molecule has 2 aromatic rings. The molecule has 2 aromatic carbocycles. The van der Waals surface area contributed by atoms with Gasteiger partial charge in [0.15, 0.2) is 9.84 Å². The zero-order valence-electron chi connectivity index (χ0n) is 13.4. The van der Waals surface area contributed by atoms with Gasteiger partial charge in [-0.05, 0) is 42.3 Å². The summed E-state index contributed by atoms with van der Waals surface area (Å²) in [5.41, 5.74) is 1.44. The van der Waals surface area contributed by atoms with Crippen molar-refractivity contribution < 1.29 is 13.2 Å². The van der Waals surface area contributed by atoms with E-state index in [-0.39, 0.29) is 17.0 Å². The summed E-state index contributed by atoms with van der Waals surface area (Å²) < 4.78 is 23.0. The number of anilines is 1. The van der Waals surface area contributed by atoms with Crippen molar-refractivity contribution in [3.05, 3.63) is 59.1 Å². The second-order valence-electron chi connectivity index (χ2n) is 5.41. The van der Waals surface area contributed by atoms with E-state index in [2.05, 4.69) is 10.6 Å². The van der Waals surface area contributed by atoms with Crippen LogP contribution in [-0.2, 0) is 9.84 Å². The average molecular weight is 367 g/mol. The molecule has 0 spiro atoms. The Bertz CT molecular complexity index is 820. The molecule has 0 radical (unpaired) electrons. The first-order valence-corrected chi connectivity index (χ1v) is 9.69. The molecule has 7 heteroatoms. The Balaban J connectivity index is 2.07. The van der Waals surface area contributed by atoms with Crippen molar-refractivity contribution in [2.45, 2.75) is 24.3 Å². The van der Waals surface area contributed by atoms with Crippen LogP contribution in [0.5, 0.6) is 0 Å². The number of carbonyl (C=O) groups excluding carboxylic acids is 1. The van der Waals surface area contributed by atoms with Gasteiger partial charge < -0.3 is 10.6 Å². The first-order valence-electron chi connectivity index (χ1n) is 7.42. The van der Waals surface area contributed by atoms with Crippen molar-refractivity contribution in [1.82, 2.24) is 5.32 Å². The lowest BCUT2D eigenvalue weighted by Gasteiger charge is -2.18. The summed E-state index contributed by atoms with van der Waals surface area (Å²) in [5.74, 6) is 0. The molecule has 2 rings (SSSR count). The fraction of sp³-hybridized carbons (Fsp3) is 0.235. The number of rotatable bonds is 5. The van der Waals surface area contributed by atoms with Gasteiger partial charge in [0.1, 0.15) is 0 Å². The summed E-state index contributed by atoms with van der Waals surface area (Å²) in [6, 6.07) is 12.8. The van der Waals surface area contributed by atoms with Crippen molar-refractivity contribution in [2.24, 2.45) is 0 Å². The largest absolute Gasteiger partial charge is 0.331 e. The van der Waals surface area contributed by atoms with E-state index < -0.39 is 9.84 Å². The fourth-order valence-corrected chi connectivity index (χ4v) is 3.08. The van der Waals surface area contributed by atoms with Crippen LogP contribution in [-0.4, -0.2) is 20.7 Å². The number of halogens is 1. The normalized spacial score (nSPS) is 12.5. The van der Waals surface area contributed by atoms with Crippen LogP contribution in [0.2, 0.25) is 5.02 Å². The first kappa shape index (κ1) is 18.3. The SMILES string of the molecule is CCC(NC(=O)Nc1cccc(Cl)c1)c1ccc(S(C)(=O)=O)cc1. The fourth-order valence-electron chi connectivity index (χ4n) is 2.26. The monoisotopic (exact) mass is 366 g/mol. The second kappa shape index (κ2) is 7.68. The molecule has 0 aliphatic rings. The molecule has 2 amide bonds. The number of hydrogen-bond donors (Lipinski definition) is 2. The summed E-state index contributed by atoms with van der Waals surface area (Å²) in [5, 5.41) is 6.13. The molecule has 128 valence electrons. The Kier molecular flexibility index (Phi) is 5.85. The summed E-state index contributed by atoms with van der Waals surface area (Å²) in [6.07, 6.45) is 1.83. The number of nitrogens with one attached hydrogen (secondary N) is 2. The number of hydrogen-bond acceptors (Lipinski definition) is 3. The summed E-state index contributed by atoms with van der Waals surface area (Å²) in [6.45, 7) is 1.94. The third kappa shape index (κ3) is 4.97. The molecule has 0 aliphatic heterocycles. The Morgan fingerprint density at radius 1 is 1.17 bits per heavy atom. The molecule has 5 nitrogen and oxygen atoms in total. The van der Waals surface area contributed by atoms with Gasteiger partial charge in [-0.1, -0.05) is 36.7 Å². The van der Waals surface area contributed by atoms with Crippen molar-refractivity contribution in [3.63, 3.8) is 0 Å². The highest BCUT2D eigenvalue weighted by Gasteiger charge is 2.14. The molecule has 0 bridgehead atoms. The van der Waals surface area contributed by atoms with E-state index in [1.807, 2.05) is 6.92 Å². The van der Waals surface area contributed by atoms with E-state index in [0.717, 1.165) is 11.8 Å². The van der Waals surface area contributed by atoms with Gasteiger partial charge in [-0.15, -0.1) is 0 Å². The van der Waals surface area contributed by atoms with E-state index in [0.29, 0.717) is 17.1 Å². The van der Waals surface area contributed by atoms with Crippen molar-refractivity contribution in [3.8, 4) is 0 Å². The maximum atomic E-state index is 12.1. The van der Waals surface area contributed by atoms with Gasteiger partial charge >= 0.3 is 6.03 Å². The van der Waals surface area contributed by atoms with Gasteiger partial charge in [0.05, 0.1) is 10.9 Å². The predicted molar refractivity (Wildman–Crippen MR) is 96.2 cm³/mol. The van der Waals surface area contributed by atoms with E-state index in [1.165, 1.54) is 0 Å². The van der Waals surface area contributed by atoms with Crippen LogP contribution in [0.4, 0.5) is 10.5 Å². The van der Waals surface area contributed by atoms with Gasteiger partial charge in [-0.2, -0.15) is 0 Å². The van der Waals surface area contributed by atoms with Crippen LogP contribution >= 0.6 is 11.6 Å². The lowest BCUT2D eigenvalue weighted by molar-refractivity contribution is 0.248. The first-order chi connectivity index (χ1) is 11.3. The standard InChI is InChI=1S/C17H19ClN2O3S/c1-3-16(12-7-9-15(10-8-12)24(2,22)23)20-17(21)19-14-6-4-5-13(18)11-14/h4-11,16H,3H2,1-2H3,(H2,19,20,21). The predicted octanol–water partition coefficient (Wildman–Crippen LogP) is 4.02. The minimum atomic E-state index is -3.23. The molecule has 0 aromatic heterocycles. The van der Waals surface area contributed by atoms with Crippen LogP contribution in [0.25, 0.3) is 0 Å². The number of amides is 2. The Labute approximate surface area is 147 Å². The molecule has 2 N–H and O–H groups in total. The van der Waals surface area contributed by atoms with Crippen LogP contribution in [0.15, 0.2) is 53.4 Å². The Morgan fingerprint density at radius 2 is 1.83 bits per heavy atom. The lowest BCUT2D eigenvalue weighted by Crippen LogP contribution is -2.32. The minimum absolute atomic E-state index is 0.224. The highest BCUT2D eigenvalue weighted by atomic mass is 35.5. The van der Waals surface area contributed by atoms with Crippen LogP contribution in [0, 0.1) is 0 Å². The number of sulfone groups is 1. The van der Waals surface area contributed by atoms with Crippen LogP contribution < -0.4 is 10.6 Å². The number of benzene rings is 2. The molecule has 0 aliphatic carbocycles. The number of carbonyl (C=O) groups is 1. The maximum absolute atomic E-state index is 12.1.